The highest BCUT2D eigenvalue weighted by atomic mass is 32.1. The van der Waals surface area contributed by atoms with Gasteiger partial charge in [0.1, 0.15) is 5.82 Å². The molecule has 0 aliphatic carbocycles. The molecule has 0 radical (unpaired) electrons. The summed E-state index contributed by atoms with van der Waals surface area (Å²) >= 11 is 1.81. The molecule has 0 fully saturated rings. The van der Waals surface area contributed by atoms with Gasteiger partial charge in [0, 0.05) is 33.2 Å². The average Bonchev–Trinajstić information content (AvgIpc) is 3.27. The van der Waals surface area contributed by atoms with Gasteiger partial charge in [-0.3, -0.25) is 4.99 Å². The van der Waals surface area contributed by atoms with Crippen LogP contribution in [0.5, 0.6) is 0 Å². The average molecular weight is 371 g/mol. The van der Waals surface area contributed by atoms with E-state index in [1.807, 2.05) is 17.6 Å². The first-order valence-corrected chi connectivity index (χ1v) is 9.50. The molecule has 2 aromatic carbocycles. The van der Waals surface area contributed by atoms with Gasteiger partial charge < -0.3 is 11.1 Å². The summed E-state index contributed by atoms with van der Waals surface area (Å²) in [6.45, 7) is 2.85. The number of nitrogens with one attached hydrogen (secondary N) is 1. The smallest absolute Gasteiger partial charge is 0.221 e. The lowest BCUT2D eigenvalue weighted by atomic mass is 10.00. The summed E-state index contributed by atoms with van der Waals surface area (Å²) in [5.74, 6) is 0.929. The number of aromatic nitrogens is 2. The summed E-state index contributed by atoms with van der Waals surface area (Å²) < 4.78 is 1.30. The second kappa shape index (κ2) is 6.17. The van der Waals surface area contributed by atoms with Gasteiger partial charge in [0.05, 0.1) is 6.54 Å². The maximum atomic E-state index is 5.70. The lowest BCUT2D eigenvalue weighted by molar-refractivity contribution is 1.11. The van der Waals surface area contributed by atoms with Crippen LogP contribution in [0.3, 0.4) is 0 Å². The highest BCUT2D eigenvalue weighted by molar-refractivity contribution is 7.22. The fraction of sp³-hybridized carbons (Fsp3) is 0.0952. The number of aliphatic imine (C=N–C) groups is 1. The van der Waals surface area contributed by atoms with Gasteiger partial charge in [0.15, 0.2) is 0 Å². The van der Waals surface area contributed by atoms with Crippen molar-refractivity contribution in [2.45, 2.75) is 13.5 Å². The van der Waals surface area contributed by atoms with Gasteiger partial charge >= 0.3 is 0 Å². The van der Waals surface area contributed by atoms with E-state index in [4.69, 9.17) is 5.73 Å². The number of rotatable bonds is 3. The van der Waals surface area contributed by atoms with E-state index in [1.54, 1.807) is 12.3 Å². The van der Waals surface area contributed by atoms with Crippen LogP contribution in [0.25, 0.3) is 20.5 Å². The van der Waals surface area contributed by atoms with Crippen molar-refractivity contribution in [3.63, 3.8) is 0 Å². The molecular weight excluding hydrogens is 354 g/mol. The molecule has 0 spiro atoms. The second-order valence-electron chi connectivity index (χ2n) is 6.64. The molecule has 5 nitrogen and oxygen atoms in total. The van der Waals surface area contributed by atoms with Crippen molar-refractivity contribution in [3.8, 4) is 10.4 Å². The molecule has 3 N–H and O–H groups in total. The number of hydrogen-bond acceptors (Lipinski definition) is 6. The number of thiophene rings is 1. The van der Waals surface area contributed by atoms with Gasteiger partial charge in [-0.15, -0.1) is 11.3 Å². The standard InChI is InChI=1S/C21H17N5S/c1-12-2-3-18-13(6-12)8-19(27-18)16-9-15(7-14-10-23-11-17(14)16)25-20-4-5-24-21(22)26-20/h2-10H,11H2,1H3,(H3,22,24,25,26). The Morgan fingerprint density at radius 2 is 2.04 bits per heavy atom. The molecule has 1 aliphatic rings. The van der Waals surface area contributed by atoms with Crippen molar-refractivity contribution < 1.29 is 0 Å². The van der Waals surface area contributed by atoms with Gasteiger partial charge in [-0.2, -0.15) is 4.98 Å². The van der Waals surface area contributed by atoms with Crippen LogP contribution in [0.1, 0.15) is 16.7 Å². The maximum Gasteiger partial charge on any atom is 0.221 e. The van der Waals surface area contributed by atoms with Crippen molar-refractivity contribution in [1.82, 2.24) is 9.97 Å². The van der Waals surface area contributed by atoms with Crippen molar-refractivity contribution in [2.24, 2.45) is 4.99 Å². The summed E-state index contributed by atoms with van der Waals surface area (Å²) in [4.78, 5) is 13.9. The first-order valence-electron chi connectivity index (χ1n) is 8.68. The van der Waals surface area contributed by atoms with Gasteiger partial charge in [0.2, 0.25) is 5.95 Å². The maximum absolute atomic E-state index is 5.70. The van der Waals surface area contributed by atoms with Crippen molar-refractivity contribution >= 4 is 45.1 Å². The first kappa shape index (κ1) is 16.0. The SMILES string of the molecule is Cc1ccc2sc(-c3cc(Nc4ccnc(N)n4)cc4c3CN=C4)cc2c1. The Morgan fingerprint density at radius 3 is 2.93 bits per heavy atom. The number of anilines is 3. The normalized spacial score (nSPS) is 12.5. The van der Waals surface area contributed by atoms with E-state index in [9.17, 15) is 0 Å². The zero-order valence-corrected chi connectivity index (χ0v) is 15.5. The number of fused-ring (bicyclic) bond motifs is 2. The number of nitrogens with two attached hydrogens (primary N) is 1. The molecule has 0 bridgehead atoms. The molecule has 2 aromatic heterocycles. The van der Waals surface area contributed by atoms with Crippen LogP contribution in [0, 0.1) is 6.92 Å². The van der Waals surface area contributed by atoms with Gasteiger partial charge in [-0.25, -0.2) is 4.98 Å². The molecule has 0 atom stereocenters. The minimum Gasteiger partial charge on any atom is -0.368 e. The van der Waals surface area contributed by atoms with E-state index in [-0.39, 0.29) is 5.95 Å². The van der Waals surface area contributed by atoms with E-state index in [1.165, 1.54) is 31.7 Å². The topological polar surface area (TPSA) is 76.2 Å². The van der Waals surface area contributed by atoms with E-state index < -0.39 is 0 Å². The number of hydrogen-bond donors (Lipinski definition) is 2. The van der Waals surface area contributed by atoms with Crippen LogP contribution in [0.15, 0.2) is 53.7 Å². The number of nitrogens with zero attached hydrogens (tertiary/aromatic N) is 3. The molecule has 5 rings (SSSR count). The van der Waals surface area contributed by atoms with E-state index >= 15 is 0 Å². The monoisotopic (exact) mass is 371 g/mol. The largest absolute Gasteiger partial charge is 0.368 e. The van der Waals surface area contributed by atoms with E-state index in [2.05, 4.69) is 63.6 Å². The van der Waals surface area contributed by atoms with E-state index in [0.717, 1.165) is 17.8 Å². The molecule has 27 heavy (non-hydrogen) atoms. The Balaban J connectivity index is 1.62. The molecule has 0 saturated heterocycles. The van der Waals surface area contributed by atoms with Crippen molar-refractivity contribution in [2.75, 3.05) is 11.1 Å². The summed E-state index contributed by atoms with van der Waals surface area (Å²) in [6, 6.07) is 14.9. The highest BCUT2D eigenvalue weighted by Crippen LogP contribution is 2.39. The third-order valence-corrected chi connectivity index (χ3v) is 5.80. The third kappa shape index (κ3) is 2.94. The minimum atomic E-state index is 0.253. The predicted molar refractivity (Wildman–Crippen MR) is 113 cm³/mol. The molecule has 132 valence electrons. The fourth-order valence-corrected chi connectivity index (χ4v) is 4.49. The molecule has 0 saturated carbocycles. The second-order valence-corrected chi connectivity index (χ2v) is 7.72. The Morgan fingerprint density at radius 1 is 1.11 bits per heavy atom. The van der Waals surface area contributed by atoms with Crippen LogP contribution in [0.4, 0.5) is 17.5 Å². The van der Waals surface area contributed by atoms with Crippen molar-refractivity contribution in [1.29, 1.82) is 0 Å². The third-order valence-electron chi connectivity index (χ3n) is 4.65. The summed E-state index contributed by atoms with van der Waals surface area (Å²) in [7, 11) is 0. The number of aryl methyl sites for hydroxylation is 1. The quantitative estimate of drug-likeness (QED) is 0.536. The van der Waals surface area contributed by atoms with E-state index in [0.29, 0.717) is 5.82 Å². The summed E-state index contributed by atoms with van der Waals surface area (Å²) in [5.41, 5.74) is 11.6. The Bertz CT molecular complexity index is 1210. The molecular formula is C21H17N5S. The first-order chi connectivity index (χ1) is 13.2. The van der Waals surface area contributed by atoms with Crippen LogP contribution >= 0.6 is 11.3 Å². The van der Waals surface area contributed by atoms with Crippen molar-refractivity contribution in [3.05, 3.63) is 65.4 Å². The zero-order valence-electron chi connectivity index (χ0n) is 14.7. The Kier molecular flexibility index (Phi) is 3.65. The fourth-order valence-electron chi connectivity index (χ4n) is 3.40. The zero-order chi connectivity index (χ0) is 18.4. The molecule has 6 heteroatoms. The van der Waals surface area contributed by atoms with Gasteiger partial charge in [-0.05, 0) is 53.8 Å². The Hall–Kier alpha value is -3.25. The predicted octanol–water partition coefficient (Wildman–Crippen LogP) is 4.93. The van der Waals surface area contributed by atoms with Gasteiger partial charge in [0.25, 0.3) is 0 Å². The number of benzene rings is 2. The highest BCUT2D eigenvalue weighted by Gasteiger charge is 2.17. The molecule has 0 amide bonds. The molecule has 1 aliphatic heterocycles. The summed E-state index contributed by atoms with van der Waals surface area (Å²) in [6.07, 6.45) is 3.59. The minimum absolute atomic E-state index is 0.253. The van der Waals surface area contributed by atoms with Crippen LogP contribution < -0.4 is 11.1 Å². The molecule has 3 heterocycles. The number of nitrogen functional groups attached to an aromatic ring is 1. The van der Waals surface area contributed by atoms with Crippen LogP contribution in [-0.4, -0.2) is 16.2 Å². The Labute approximate surface area is 160 Å². The van der Waals surface area contributed by atoms with Crippen LogP contribution in [0.2, 0.25) is 0 Å². The van der Waals surface area contributed by atoms with Crippen LogP contribution in [-0.2, 0) is 6.54 Å². The lowest BCUT2D eigenvalue weighted by Gasteiger charge is -2.11. The van der Waals surface area contributed by atoms with Gasteiger partial charge in [-0.1, -0.05) is 17.7 Å². The molecule has 4 aromatic rings. The summed E-state index contributed by atoms with van der Waals surface area (Å²) in [5, 5.41) is 4.62. The lowest BCUT2D eigenvalue weighted by Crippen LogP contribution is -2.00. The molecule has 0 unspecified atom stereocenters.